The number of aromatic amines is 1. The third-order valence-corrected chi connectivity index (χ3v) is 4.16. The van der Waals surface area contributed by atoms with Gasteiger partial charge in [0.15, 0.2) is 11.6 Å². The van der Waals surface area contributed by atoms with Crippen molar-refractivity contribution in [2.45, 2.75) is 0 Å². The van der Waals surface area contributed by atoms with Crippen molar-refractivity contribution in [2.75, 3.05) is 0 Å². The van der Waals surface area contributed by atoms with Crippen LogP contribution in [0.2, 0.25) is 0 Å². The van der Waals surface area contributed by atoms with Gasteiger partial charge in [-0.15, -0.1) is 0 Å². The average Bonchev–Trinajstić information content (AvgIpc) is 3.08. The fraction of sp³-hybridized carbons (Fsp3) is 0. The Bertz CT molecular complexity index is 1130. The summed E-state index contributed by atoms with van der Waals surface area (Å²) in [6.07, 6.45) is 0. The van der Waals surface area contributed by atoms with Crippen LogP contribution in [-0.4, -0.2) is 21.0 Å². The molecule has 0 spiro atoms. The zero-order valence-electron chi connectivity index (χ0n) is 13.3. The Kier molecular flexibility index (Phi) is 3.73. The summed E-state index contributed by atoms with van der Waals surface area (Å²) < 4.78 is 27.3. The van der Waals surface area contributed by atoms with Gasteiger partial charge in [0.1, 0.15) is 11.3 Å². The maximum Gasteiger partial charge on any atom is 0.337 e. The molecule has 0 radical (unpaired) electrons. The highest BCUT2D eigenvalue weighted by Gasteiger charge is 2.14. The first-order valence-corrected chi connectivity index (χ1v) is 7.81. The van der Waals surface area contributed by atoms with Gasteiger partial charge in [-0.1, -0.05) is 42.5 Å². The van der Waals surface area contributed by atoms with Gasteiger partial charge in [-0.05, 0) is 23.8 Å². The zero-order valence-corrected chi connectivity index (χ0v) is 13.3. The normalized spacial score (nSPS) is 11.0. The van der Waals surface area contributed by atoms with E-state index in [9.17, 15) is 18.7 Å². The second-order valence-corrected chi connectivity index (χ2v) is 5.77. The molecule has 4 nitrogen and oxygen atoms in total. The van der Waals surface area contributed by atoms with Crippen LogP contribution in [0.4, 0.5) is 8.78 Å². The Balaban J connectivity index is 1.76. The van der Waals surface area contributed by atoms with Crippen molar-refractivity contribution < 1.29 is 18.7 Å². The third-order valence-electron chi connectivity index (χ3n) is 4.16. The van der Waals surface area contributed by atoms with Crippen molar-refractivity contribution in [1.29, 1.82) is 0 Å². The molecule has 0 aliphatic carbocycles. The number of fused-ring (bicyclic) bond motifs is 1. The first kappa shape index (κ1) is 16.0. The zero-order chi connectivity index (χ0) is 18.3. The van der Waals surface area contributed by atoms with Crippen LogP contribution in [0.25, 0.3) is 33.5 Å². The Labute approximate surface area is 146 Å². The molecule has 0 atom stereocenters. The number of H-pyrrole nitrogens is 1. The lowest BCUT2D eigenvalue weighted by Crippen LogP contribution is -1.96. The Morgan fingerprint density at radius 2 is 1.62 bits per heavy atom. The first-order valence-electron chi connectivity index (χ1n) is 7.81. The van der Waals surface area contributed by atoms with E-state index in [4.69, 9.17) is 0 Å². The summed E-state index contributed by atoms with van der Waals surface area (Å²) in [6, 6.07) is 15.7. The molecule has 0 saturated heterocycles. The highest BCUT2D eigenvalue weighted by molar-refractivity contribution is 6.01. The van der Waals surface area contributed by atoms with Crippen molar-refractivity contribution in [3.8, 4) is 22.5 Å². The largest absolute Gasteiger partial charge is 0.478 e. The number of nitrogens with zero attached hydrogens (tertiary/aromatic N) is 1. The molecule has 3 aromatic carbocycles. The second kappa shape index (κ2) is 6.07. The smallest absolute Gasteiger partial charge is 0.337 e. The molecule has 4 rings (SSSR count). The number of hydrogen-bond acceptors (Lipinski definition) is 2. The maximum absolute atomic E-state index is 13.9. The van der Waals surface area contributed by atoms with Crippen molar-refractivity contribution in [3.05, 3.63) is 77.9 Å². The van der Waals surface area contributed by atoms with Crippen molar-refractivity contribution in [1.82, 2.24) is 9.97 Å². The molecule has 2 N–H and O–H groups in total. The monoisotopic (exact) mass is 350 g/mol. The summed E-state index contributed by atoms with van der Waals surface area (Å²) >= 11 is 0. The molecule has 0 aliphatic rings. The van der Waals surface area contributed by atoms with Gasteiger partial charge in [0.2, 0.25) is 0 Å². The summed E-state index contributed by atoms with van der Waals surface area (Å²) in [5, 5.41) is 9.25. The number of nitrogens with one attached hydrogen (secondary N) is 1. The number of rotatable bonds is 3. The summed E-state index contributed by atoms with van der Waals surface area (Å²) in [4.78, 5) is 18.7. The van der Waals surface area contributed by atoms with Gasteiger partial charge in [0.25, 0.3) is 0 Å². The van der Waals surface area contributed by atoms with E-state index in [1.807, 2.05) is 0 Å². The van der Waals surface area contributed by atoms with Crippen LogP contribution in [0.3, 0.4) is 0 Å². The average molecular weight is 350 g/mol. The number of imidazole rings is 1. The molecule has 26 heavy (non-hydrogen) atoms. The van der Waals surface area contributed by atoms with Crippen LogP contribution in [-0.2, 0) is 0 Å². The van der Waals surface area contributed by atoms with Crippen LogP contribution in [0.15, 0.2) is 60.7 Å². The number of carboxylic acids is 1. The predicted octanol–water partition coefficient (Wildman–Crippen LogP) is 4.87. The molecule has 0 amide bonds. The third kappa shape index (κ3) is 2.61. The molecule has 0 aliphatic heterocycles. The quantitative estimate of drug-likeness (QED) is 0.554. The molecular weight excluding hydrogens is 338 g/mol. The van der Waals surface area contributed by atoms with Gasteiger partial charge in [-0.25, -0.2) is 18.6 Å². The molecule has 1 heterocycles. The maximum atomic E-state index is 13.9. The summed E-state index contributed by atoms with van der Waals surface area (Å²) in [6.45, 7) is 0. The fourth-order valence-electron chi connectivity index (χ4n) is 2.88. The van der Waals surface area contributed by atoms with E-state index < -0.39 is 17.6 Å². The van der Waals surface area contributed by atoms with E-state index in [-0.39, 0.29) is 11.1 Å². The van der Waals surface area contributed by atoms with Crippen LogP contribution >= 0.6 is 0 Å². The molecule has 0 fully saturated rings. The van der Waals surface area contributed by atoms with E-state index in [0.717, 1.165) is 6.07 Å². The van der Waals surface area contributed by atoms with Crippen molar-refractivity contribution in [2.24, 2.45) is 0 Å². The lowest BCUT2D eigenvalue weighted by Gasteiger charge is -2.05. The Hall–Kier alpha value is -3.54. The standard InChI is InChI=1S/C20H12F2N2O2/c21-15-5-1-3-13(17(15)22)11-7-9-12(10-8-11)19-23-16-6-2-4-14(20(25)26)18(16)24-19/h1-10H,(H,23,24)(H,25,26). The number of carboxylic acid groups (broad SMARTS) is 1. The SMILES string of the molecule is O=C(O)c1cccc2[nH]c(-c3ccc(-c4cccc(F)c4F)cc3)nc12. The van der Waals surface area contributed by atoms with E-state index in [1.54, 1.807) is 36.4 Å². The fourth-order valence-corrected chi connectivity index (χ4v) is 2.88. The van der Waals surface area contributed by atoms with Crippen LogP contribution < -0.4 is 0 Å². The predicted molar refractivity (Wildman–Crippen MR) is 93.8 cm³/mol. The van der Waals surface area contributed by atoms with Crippen molar-refractivity contribution in [3.63, 3.8) is 0 Å². The summed E-state index contributed by atoms with van der Waals surface area (Å²) in [5.74, 6) is -2.34. The van der Waals surface area contributed by atoms with Gasteiger partial charge >= 0.3 is 5.97 Å². The highest BCUT2D eigenvalue weighted by Crippen LogP contribution is 2.28. The van der Waals surface area contributed by atoms with E-state index in [0.29, 0.717) is 28.0 Å². The lowest BCUT2D eigenvalue weighted by atomic mass is 10.0. The molecule has 1 aromatic heterocycles. The molecule has 6 heteroatoms. The number of benzene rings is 3. The van der Waals surface area contributed by atoms with Crippen LogP contribution in [0, 0.1) is 11.6 Å². The second-order valence-electron chi connectivity index (χ2n) is 5.77. The first-order chi connectivity index (χ1) is 12.5. The van der Waals surface area contributed by atoms with Gasteiger partial charge in [0, 0.05) is 11.1 Å². The minimum Gasteiger partial charge on any atom is -0.478 e. The molecule has 0 bridgehead atoms. The Morgan fingerprint density at radius 3 is 2.35 bits per heavy atom. The summed E-state index contributed by atoms with van der Waals surface area (Å²) in [5.41, 5.74) is 2.51. The summed E-state index contributed by atoms with van der Waals surface area (Å²) in [7, 11) is 0. The topological polar surface area (TPSA) is 66.0 Å². The minimum atomic E-state index is -1.05. The lowest BCUT2D eigenvalue weighted by molar-refractivity contribution is 0.0699. The number of aromatic carboxylic acids is 1. The van der Waals surface area contributed by atoms with E-state index in [2.05, 4.69) is 9.97 Å². The van der Waals surface area contributed by atoms with Crippen LogP contribution in [0.5, 0.6) is 0 Å². The van der Waals surface area contributed by atoms with E-state index in [1.165, 1.54) is 18.2 Å². The van der Waals surface area contributed by atoms with Gasteiger partial charge in [0.05, 0.1) is 11.1 Å². The number of hydrogen-bond donors (Lipinski definition) is 2. The van der Waals surface area contributed by atoms with Gasteiger partial charge < -0.3 is 10.1 Å². The number of halogens is 2. The number of aromatic nitrogens is 2. The number of carbonyl (C=O) groups is 1. The number of para-hydroxylation sites is 1. The molecule has 128 valence electrons. The van der Waals surface area contributed by atoms with Crippen LogP contribution in [0.1, 0.15) is 10.4 Å². The van der Waals surface area contributed by atoms with Crippen molar-refractivity contribution >= 4 is 17.0 Å². The molecule has 4 aromatic rings. The Morgan fingerprint density at radius 1 is 0.923 bits per heavy atom. The van der Waals surface area contributed by atoms with Gasteiger partial charge in [-0.2, -0.15) is 0 Å². The highest BCUT2D eigenvalue weighted by atomic mass is 19.2. The van der Waals surface area contributed by atoms with E-state index >= 15 is 0 Å². The minimum absolute atomic E-state index is 0.114. The molecule has 0 saturated carbocycles. The molecular formula is C20H12F2N2O2. The van der Waals surface area contributed by atoms with Gasteiger partial charge in [-0.3, -0.25) is 0 Å². The molecule has 0 unspecified atom stereocenters.